The molecular weight excluding hydrogens is 365 g/mol. The van der Waals surface area contributed by atoms with E-state index in [1.165, 1.54) is 24.3 Å². The van der Waals surface area contributed by atoms with Crippen molar-refractivity contribution in [2.24, 2.45) is 0 Å². The molecule has 0 heterocycles. The van der Waals surface area contributed by atoms with Crippen LogP contribution in [-0.2, 0) is 9.84 Å². The van der Waals surface area contributed by atoms with Crippen LogP contribution < -0.4 is 0 Å². The van der Waals surface area contributed by atoms with Gasteiger partial charge < -0.3 is 0 Å². The molecule has 6 heteroatoms. The number of sulfone groups is 1. The lowest BCUT2D eigenvalue weighted by molar-refractivity contribution is 0.603. The number of nitriles is 1. The molecule has 0 bridgehead atoms. The van der Waals surface area contributed by atoms with Gasteiger partial charge in [0.2, 0.25) is 9.84 Å². The summed E-state index contributed by atoms with van der Waals surface area (Å²) in [6.45, 7) is 1.72. The number of rotatable bonds is 4. The Bertz CT molecular complexity index is 956. The lowest BCUT2D eigenvalue weighted by atomic mass is 10.1. The first-order chi connectivity index (χ1) is 11.3. The molecular formula is C18H13Cl2NO2S. The molecule has 0 aliphatic carbocycles. The molecule has 0 N–H and O–H groups in total. The van der Waals surface area contributed by atoms with Gasteiger partial charge in [-0.1, -0.05) is 59.6 Å². The predicted octanol–water partition coefficient (Wildman–Crippen LogP) is 5.28. The Morgan fingerprint density at radius 2 is 1.79 bits per heavy atom. The van der Waals surface area contributed by atoms with Gasteiger partial charge in [0, 0.05) is 5.02 Å². The summed E-state index contributed by atoms with van der Waals surface area (Å²) in [5.74, 6) is 0. The van der Waals surface area contributed by atoms with E-state index >= 15 is 0 Å². The Hall–Kier alpha value is -2.06. The van der Waals surface area contributed by atoms with E-state index in [0.29, 0.717) is 5.57 Å². The second-order valence-corrected chi connectivity index (χ2v) is 7.73. The van der Waals surface area contributed by atoms with Crippen LogP contribution in [0.15, 0.2) is 70.0 Å². The average molecular weight is 378 g/mol. The molecule has 0 radical (unpaired) electrons. The fraction of sp³-hybridized carbons (Fsp3) is 0.0556. The van der Waals surface area contributed by atoms with Crippen molar-refractivity contribution in [2.45, 2.75) is 11.8 Å². The van der Waals surface area contributed by atoms with Crippen LogP contribution in [0, 0.1) is 11.3 Å². The highest BCUT2D eigenvalue weighted by atomic mass is 35.5. The fourth-order valence-corrected chi connectivity index (χ4v) is 4.00. The number of allylic oxidation sites excluding steroid dienone is 3. The van der Waals surface area contributed by atoms with Gasteiger partial charge in [-0.3, -0.25) is 0 Å². The second kappa shape index (κ2) is 7.67. The summed E-state index contributed by atoms with van der Waals surface area (Å²) in [5.41, 5.74) is 1.53. The zero-order chi connectivity index (χ0) is 17.7. The lowest BCUT2D eigenvalue weighted by Gasteiger charge is -2.06. The van der Waals surface area contributed by atoms with Gasteiger partial charge in [-0.2, -0.15) is 5.26 Å². The van der Waals surface area contributed by atoms with E-state index < -0.39 is 14.7 Å². The summed E-state index contributed by atoms with van der Waals surface area (Å²) in [7, 11) is -4.05. The Morgan fingerprint density at radius 1 is 1.12 bits per heavy atom. The first kappa shape index (κ1) is 18.3. The van der Waals surface area contributed by atoms with Crippen LogP contribution in [0.4, 0.5) is 0 Å². The maximum Gasteiger partial charge on any atom is 0.218 e. The van der Waals surface area contributed by atoms with Crippen LogP contribution in [0.25, 0.3) is 6.08 Å². The largest absolute Gasteiger partial charge is 0.218 e. The molecule has 0 aliphatic heterocycles. The number of hydrogen-bond donors (Lipinski definition) is 0. The summed E-state index contributed by atoms with van der Waals surface area (Å²) >= 11 is 11.8. The van der Waals surface area contributed by atoms with Crippen LogP contribution in [0.3, 0.4) is 0 Å². The summed E-state index contributed by atoms with van der Waals surface area (Å²) in [5, 5.41) is 9.54. The minimum absolute atomic E-state index is 0.0187. The third-order valence-corrected chi connectivity index (χ3v) is 5.52. The van der Waals surface area contributed by atoms with E-state index in [4.69, 9.17) is 23.2 Å². The second-order valence-electron chi connectivity index (χ2n) is 5.00. The summed E-state index contributed by atoms with van der Waals surface area (Å²) in [6, 6.07) is 15.2. The Kier molecular flexibility index (Phi) is 5.84. The summed E-state index contributed by atoms with van der Waals surface area (Å²) in [4.78, 5) is -0.576. The monoisotopic (exact) mass is 377 g/mol. The van der Waals surface area contributed by atoms with Crippen molar-refractivity contribution in [3.8, 4) is 6.07 Å². The van der Waals surface area contributed by atoms with Crippen molar-refractivity contribution >= 4 is 39.1 Å². The Balaban J connectivity index is 2.49. The van der Waals surface area contributed by atoms with Gasteiger partial charge in [0.05, 0.1) is 9.92 Å². The van der Waals surface area contributed by atoms with E-state index in [9.17, 15) is 13.7 Å². The Labute approximate surface area is 151 Å². The molecule has 2 aromatic rings. The number of hydrogen-bond acceptors (Lipinski definition) is 3. The minimum atomic E-state index is -4.05. The number of nitrogens with zero attached hydrogens (tertiary/aromatic N) is 1. The molecule has 0 aromatic heterocycles. The molecule has 0 amide bonds. The van der Waals surface area contributed by atoms with Crippen LogP contribution in [0.5, 0.6) is 0 Å². The fourth-order valence-electron chi connectivity index (χ4n) is 2.03. The quantitative estimate of drug-likeness (QED) is 0.537. The molecule has 2 aromatic carbocycles. The van der Waals surface area contributed by atoms with Gasteiger partial charge in [0.25, 0.3) is 0 Å². The van der Waals surface area contributed by atoms with Gasteiger partial charge in [-0.05, 0) is 42.3 Å². The van der Waals surface area contributed by atoms with E-state index in [0.717, 1.165) is 5.56 Å². The number of halogens is 2. The SMILES string of the molecule is CC(=C\c1ccccc1)/C=C(\C#N)S(=O)(=O)c1cc(Cl)ccc1Cl. The molecule has 0 aliphatic rings. The highest BCUT2D eigenvalue weighted by molar-refractivity contribution is 7.95. The minimum Gasteiger partial charge on any atom is -0.218 e. The highest BCUT2D eigenvalue weighted by Crippen LogP contribution is 2.29. The van der Waals surface area contributed by atoms with E-state index in [1.54, 1.807) is 19.1 Å². The van der Waals surface area contributed by atoms with Gasteiger partial charge in [0.1, 0.15) is 11.0 Å². The molecule has 0 spiro atoms. The third-order valence-electron chi connectivity index (χ3n) is 3.14. The predicted molar refractivity (Wildman–Crippen MR) is 97.4 cm³/mol. The van der Waals surface area contributed by atoms with E-state index in [1.807, 2.05) is 30.3 Å². The first-order valence-electron chi connectivity index (χ1n) is 6.90. The van der Waals surface area contributed by atoms with Crippen LogP contribution in [0.2, 0.25) is 10.0 Å². The lowest BCUT2D eigenvalue weighted by Crippen LogP contribution is -2.04. The van der Waals surface area contributed by atoms with E-state index in [-0.39, 0.29) is 14.9 Å². The van der Waals surface area contributed by atoms with Crippen LogP contribution in [0.1, 0.15) is 12.5 Å². The standard InChI is InChI=1S/C18H13Cl2NO2S/c1-13(9-14-5-3-2-4-6-14)10-16(12-21)24(22,23)18-11-15(19)7-8-17(18)20/h2-11H,1H3/b13-9+,16-10+. The van der Waals surface area contributed by atoms with Gasteiger partial charge >= 0.3 is 0 Å². The molecule has 0 atom stereocenters. The average Bonchev–Trinajstić information content (AvgIpc) is 2.55. The molecule has 122 valence electrons. The van der Waals surface area contributed by atoms with Crippen molar-refractivity contribution in [2.75, 3.05) is 0 Å². The normalized spacial score (nSPS) is 12.8. The molecule has 2 rings (SSSR count). The molecule has 0 saturated heterocycles. The maximum absolute atomic E-state index is 12.7. The zero-order valence-electron chi connectivity index (χ0n) is 12.7. The Morgan fingerprint density at radius 3 is 2.42 bits per heavy atom. The first-order valence-corrected chi connectivity index (χ1v) is 9.14. The summed E-state index contributed by atoms with van der Waals surface area (Å²) in [6.07, 6.45) is 3.10. The maximum atomic E-state index is 12.7. The molecule has 0 unspecified atom stereocenters. The molecule has 3 nitrogen and oxygen atoms in total. The van der Waals surface area contributed by atoms with Crippen molar-refractivity contribution in [3.05, 3.63) is 80.7 Å². The van der Waals surface area contributed by atoms with Gasteiger partial charge in [0.15, 0.2) is 0 Å². The van der Waals surface area contributed by atoms with Crippen molar-refractivity contribution < 1.29 is 8.42 Å². The van der Waals surface area contributed by atoms with Crippen LogP contribution >= 0.6 is 23.2 Å². The van der Waals surface area contributed by atoms with Crippen molar-refractivity contribution in [3.63, 3.8) is 0 Å². The van der Waals surface area contributed by atoms with Gasteiger partial charge in [-0.15, -0.1) is 0 Å². The van der Waals surface area contributed by atoms with Crippen LogP contribution in [-0.4, -0.2) is 8.42 Å². The number of benzene rings is 2. The zero-order valence-corrected chi connectivity index (χ0v) is 15.0. The van der Waals surface area contributed by atoms with Crippen molar-refractivity contribution in [1.29, 1.82) is 5.26 Å². The topological polar surface area (TPSA) is 57.9 Å². The van der Waals surface area contributed by atoms with Crippen molar-refractivity contribution in [1.82, 2.24) is 0 Å². The molecule has 24 heavy (non-hydrogen) atoms. The van der Waals surface area contributed by atoms with Gasteiger partial charge in [-0.25, -0.2) is 8.42 Å². The smallest absolute Gasteiger partial charge is 0.218 e. The molecule has 0 fully saturated rings. The highest BCUT2D eigenvalue weighted by Gasteiger charge is 2.24. The van der Waals surface area contributed by atoms with E-state index in [2.05, 4.69) is 0 Å². The third kappa shape index (κ3) is 4.27. The molecule has 0 saturated carbocycles. The summed E-state index contributed by atoms with van der Waals surface area (Å²) < 4.78 is 25.3.